The first-order chi connectivity index (χ1) is 16.8. The summed E-state index contributed by atoms with van der Waals surface area (Å²) in [5, 5.41) is 11.8. The molecule has 1 aliphatic rings. The van der Waals surface area contributed by atoms with Gasteiger partial charge >= 0.3 is 0 Å². The Hall–Kier alpha value is -3.30. The quantitative estimate of drug-likeness (QED) is 0.476. The number of halogens is 3. The molecule has 9 heteroatoms. The van der Waals surface area contributed by atoms with E-state index in [4.69, 9.17) is 10.8 Å². The van der Waals surface area contributed by atoms with Crippen molar-refractivity contribution in [1.29, 1.82) is 0 Å². The molecule has 3 atom stereocenters. The molecule has 4 rings (SSSR count). The van der Waals surface area contributed by atoms with Crippen LogP contribution in [0.2, 0.25) is 0 Å². The van der Waals surface area contributed by atoms with Gasteiger partial charge in [0.25, 0.3) is 5.91 Å². The molecule has 0 bridgehead atoms. The van der Waals surface area contributed by atoms with Crippen molar-refractivity contribution in [2.24, 2.45) is 11.7 Å². The number of nitrogens with one attached hydrogen (secondary N) is 1. The lowest BCUT2D eigenvalue weighted by atomic mass is 9.76. The second-order valence-electron chi connectivity index (χ2n) is 9.12. The van der Waals surface area contributed by atoms with Gasteiger partial charge in [0.1, 0.15) is 28.8 Å². The highest BCUT2D eigenvalue weighted by atomic mass is 19.1. The van der Waals surface area contributed by atoms with E-state index in [1.54, 1.807) is 6.20 Å². The average Bonchev–Trinajstić information content (AvgIpc) is 2.79. The number of aliphatic hydroxyl groups is 1. The van der Waals surface area contributed by atoms with Crippen LogP contribution in [0.15, 0.2) is 42.7 Å². The number of anilines is 1. The van der Waals surface area contributed by atoms with E-state index in [0.29, 0.717) is 11.6 Å². The topological polar surface area (TPSA) is 101 Å². The van der Waals surface area contributed by atoms with Crippen molar-refractivity contribution in [2.75, 3.05) is 11.9 Å². The van der Waals surface area contributed by atoms with E-state index in [-0.39, 0.29) is 36.2 Å². The largest absolute Gasteiger partial charge is 0.396 e. The van der Waals surface area contributed by atoms with Crippen molar-refractivity contribution >= 4 is 11.6 Å². The second kappa shape index (κ2) is 10.5. The summed E-state index contributed by atoms with van der Waals surface area (Å²) in [7, 11) is 0. The van der Waals surface area contributed by atoms with Gasteiger partial charge in [-0.3, -0.25) is 9.78 Å². The van der Waals surface area contributed by atoms with Crippen molar-refractivity contribution in [3.05, 3.63) is 77.0 Å². The number of carbonyl (C=O) groups excluding carboxylic acids is 1. The molecule has 4 N–H and O–H groups in total. The molecule has 1 aliphatic carbocycles. The first kappa shape index (κ1) is 24.8. The van der Waals surface area contributed by atoms with Gasteiger partial charge in [-0.25, -0.2) is 18.2 Å². The molecule has 1 aromatic carbocycles. The first-order valence-corrected chi connectivity index (χ1v) is 11.5. The van der Waals surface area contributed by atoms with Crippen LogP contribution in [0.5, 0.6) is 0 Å². The van der Waals surface area contributed by atoms with Gasteiger partial charge < -0.3 is 16.2 Å². The summed E-state index contributed by atoms with van der Waals surface area (Å²) in [6, 6.07) is 6.03. The Kier molecular flexibility index (Phi) is 7.47. The fourth-order valence-electron chi connectivity index (χ4n) is 4.83. The fraction of sp³-hybridized carbons (Fsp3) is 0.346. The van der Waals surface area contributed by atoms with Gasteiger partial charge in [-0.15, -0.1) is 0 Å². The van der Waals surface area contributed by atoms with Gasteiger partial charge in [-0.1, -0.05) is 6.92 Å². The number of benzene rings is 1. The molecule has 2 heterocycles. The third-order valence-electron chi connectivity index (χ3n) is 6.34. The molecule has 35 heavy (non-hydrogen) atoms. The number of hydrogen-bond donors (Lipinski definition) is 3. The molecule has 0 spiro atoms. The van der Waals surface area contributed by atoms with E-state index in [2.05, 4.69) is 22.2 Å². The lowest BCUT2D eigenvalue weighted by molar-refractivity contribution is 0.102. The Labute approximate surface area is 201 Å². The zero-order valence-corrected chi connectivity index (χ0v) is 19.3. The zero-order chi connectivity index (χ0) is 25.1. The van der Waals surface area contributed by atoms with Crippen LogP contribution in [0, 0.1) is 23.4 Å². The van der Waals surface area contributed by atoms with Crippen LogP contribution >= 0.6 is 0 Å². The molecule has 0 radical (unpaired) electrons. The predicted molar refractivity (Wildman–Crippen MR) is 126 cm³/mol. The standard InChI is InChI=1S/C26H27F3N4O2/c1-14-8-16(12-17(30)9-14)18-4-6-31-13-23(18)33-26(35)22-3-2-19(27)25(32-22)24-20(28)10-15(5-7-34)11-21(24)29/h2-4,6,10-11,13-14,16-17,34H,5,7-9,12,30H2,1H3,(H,33,35)/t14-,16+,17+/m0/s1. The van der Waals surface area contributed by atoms with Crippen LogP contribution in [0.1, 0.15) is 53.7 Å². The van der Waals surface area contributed by atoms with Crippen molar-refractivity contribution in [1.82, 2.24) is 9.97 Å². The summed E-state index contributed by atoms with van der Waals surface area (Å²) in [6.45, 7) is 1.85. The molecule has 184 valence electrons. The number of aliphatic hydroxyl groups excluding tert-OH is 1. The summed E-state index contributed by atoms with van der Waals surface area (Å²) in [6.07, 6.45) is 5.87. The number of nitrogens with zero attached hydrogens (tertiary/aromatic N) is 2. The van der Waals surface area contributed by atoms with E-state index < -0.39 is 34.6 Å². The van der Waals surface area contributed by atoms with E-state index >= 15 is 0 Å². The number of aromatic nitrogens is 2. The van der Waals surface area contributed by atoms with Crippen LogP contribution in [0.3, 0.4) is 0 Å². The smallest absolute Gasteiger partial charge is 0.274 e. The van der Waals surface area contributed by atoms with Crippen molar-refractivity contribution in [3.63, 3.8) is 0 Å². The minimum absolute atomic E-state index is 0.0462. The van der Waals surface area contributed by atoms with Gasteiger partial charge in [-0.2, -0.15) is 0 Å². The Balaban J connectivity index is 1.63. The van der Waals surface area contributed by atoms with Gasteiger partial charge in [0.05, 0.1) is 17.4 Å². The SMILES string of the molecule is C[C@@H]1C[C@@H](N)C[C@H](c2ccncc2NC(=O)c2ccc(F)c(-c3c(F)cc(CCO)cc3F)n2)C1. The zero-order valence-electron chi connectivity index (χ0n) is 19.3. The molecule has 1 amide bonds. The lowest BCUT2D eigenvalue weighted by Crippen LogP contribution is -2.31. The maximum Gasteiger partial charge on any atom is 0.274 e. The van der Waals surface area contributed by atoms with Gasteiger partial charge in [0.15, 0.2) is 0 Å². The monoisotopic (exact) mass is 484 g/mol. The third-order valence-corrected chi connectivity index (χ3v) is 6.34. The van der Waals surface area contributed by atoms with E-state index in [1.165, 1.54) is 6.20 Å². The number of amides is 1. The predicted octanol–water partition coefficient (Wildman–Crippen LogP) is 4.58. The summed E-state index contributed by atoms with van der Waals surface area (Å²) >= 11 is 0. The second-order valence-corrected chi connectivity index (χ2v) is 9.12. The van der Waals surface area contributed by atoms with E-state index in [9.17, 15) is 18.0 Å². The van der Waals surface area contributed by atoms with E-state index in [1.807, 2.05) is 6.07 Å². The number of carbonyl (C=O) groups is 1. The van der Waals surface area contributed by atoms with Gasteiger partial charge in [0, 0.05) is 18.8 Å². The number of rotatable bonds is 6. The Morgan fingerprint density at radius 3 is 2.54 bits per heavy atom. The summed E-state index contributed by atoms with van der Waals surface area (Å²) < 4.78 is 43.9. The van der Waals surface area contributed by atoms with Gasteiger partial charge in [0.2, 0.25) is 0 Å². The average molecular weight is 485 g/mol. The molecule has 1 saturated carbocycles. The van der Waals surface area contributed by atoms with Crippen LogP contribution in [0.25, 0.3) is 11.3 Å². The summed E-state index contributed by atoms with van der Waals surface area (Å²) in [5.74, 6) is -3.11. The highest BCUT2D eigenvalue weighted by Crippen LogP contribution is 2.38. The number of pyridine rings is 2. The van der Waals surface area contributed by atoms with Crippen molar-refractivity contribution < 1.29 is 23.1 Å². The summed E-state index contributed by atoms with van der Waals surface area (Å²) in [4.78, 5) is 21.1. The van der Waals surface area contributed by atoms with Crippen LogP contribution in [-0.4, -0.2) is 33.6 Å². The maximum absolute atomic E-state index is 14.7. The Morgan fingerprint density at radius 2 is 1.86 bits per heavy atom. The number of nitrogens with two attached hydrogens (primary N) is 1. The highest BCUT2D eigenvalue weighted by molar-refractivity contribution is 6.03. The molecule has 2 aromatic heterocycles. The molecule has 0 saturated heterocycles. The van der Waals surface area contributed by atoms with Crippen LogP contribution in [0.4, 0.5) is 18.9 Å². The molecule has 0 aliphatic heterocycles. The first-order valence-electron chi connectivity index (χ1n) is 11.5. The molecule has 6 nitrogen and oxygen atoms in total. The Bertz CT molecular complexity index is 1200. The molecule has 1 fully saturated rings. The van der Waals surface area contributed by atoms with Crippen LogP contribution in [-0.2, 0) is 6.42 Å². The minimum atomic E-state index is -1.03. The Morgan fingerprint density at radius 1 is 1.11 bits per heavy atom. The summed E-state index contributed by atoms with van der Waals surface area (Å²) in [5.41, 5.74) is 6.33. The fourth-order valence-corrected chi connectivity index (χ4v) is 4.83. The van der Waals surface area contributed by atoms with E-state index in [0.717, 1.165) is 49.1 Å². The molecular weight excluding hydrogens is 457 g/mol. The minimum Gasteiger partial charge on any atom is -0.396 e. The van der Waals surface area contributed by atoms with Gasteiger partial charge in [-0.05, 0) is 79.0 Å². The van der Waals surface area contributed by atoms with Crippen LogP contribution < -0.4 is 11.1 Å². The third kappa shape index (κ3) is 5.52. The van der Waals surface area contributed by atoms with Crippen molar-refractivity contribution in [2.45, 2.75) is 44.6 Å². The van der Waals surface area contributed by atoms with Crippen molar-refractivity contribution in [3.8, 4) is 11.3 Å². The maximum atomic E-state index is 14.7. The molecule has 3 aromatic rings. The number of hydrogen-bond acceptors (Lipinski definition) is 5. The molecular formula is C26H27F3N4O2. The highest BCUT2D eigenvalue weighted by Gasteiger charge is 2.28. The molecule has 0 unspecified atom stereocenters. The lowest BCUT2D eigenvalue weighted by Gasteiger charge is -2.32. The normalized spacial score (nSPS) is 20.0.